The Hall–Kier alpha value is -2.10. The van der Waals surface area contributed by atoms with Gasteiger partial charge in [0, 0.05) is 23.8 Å². The summed E-state index contributed by atoms with van der Waals surface area (Å²) in [5.41, 5.74) is 4.13. The molecule has 1 heterocycles. The maximum atomic E-state index is 12.9. The Bertz CT molecular complexity index is 699. The number of aromatic nitrogens is 2. The molecule has 0 radical (unpaired) electrons. The van der Waals surface area contributed by atoms with E-state index in [2.05, 4.69) is 23.8 Å². The second-order valence-corrected chi connectivity index (χ2v) is 6.69. The molecule has 0 bridgehead atoms. The average Bonchev–Trinajstić information content (AvgIpc) is 3.20. The van der Waals surface area contributed by atoms with E-state index in [-0.39, 0.29) is 5.91 Å². The minimum absolute atomic E-state index is 0.239. The normalized spacial score (nSPS) is 15.0. The number of likely N-dealkylation sites (N-methyl/N-ethyl adjacent to an activating group) is 1. The van der Waals surface area contributed by atoms with Crippen molar-refractivity contribution in [3.05, 3.63) is 47.3 Å². The number of benzene rings is 1. The zero-order chi connectivity index (χ0) is 17.1. The molecule has 1 aliphatic carbocycles. The van der Waals surface area contributed by atoms with Crippen LogP contribution >= 0.6 is 0 Å². The summed E-state index contributed by atoms with van der Waals surface area (Å²) < 4.78 is 1.95. The van der Waals surface area contributed by atoms with E-state index in [4.69, 9.17) is 0 Å². The van der Waals surface area contributed by atoms with Crippen LogP contribution in [-0.2, 0) is 11.2 Å². The van der Waals surface area contributed by atoms with Crippen molar-refractivity contribution in [2.24, 2.45) is 0 Å². The number of aryl methyl sites for hydroxylation is 1. The van der Waals surface area contributed by atoms with Gasteiger partial charge >= 0.3 is 0 Å². The van der Waals surface area contributed by atoms with Gasteiger partial charge in [-0.05, 0) is 45.7 Å². The molecule has 1 fully saturated rings. The third-order valence-corrected chi connectivity index (χ3v) is 5.20. The molecule has 3 rings (SSSR count). The molecule has 1 saturated carbocycles. The molecule has 0 atom stereocenters. The van der Waals surface area contributed by atoms with E-state index in [0.29, 0.717) is 12.5 Å². The van der Waals surface area contributed by atoms with Crippen molar-refractivity contribution < 1.29 is 4.79 Å². The van der Waals surface area contributed by atoms with Gasteiger partial charge in [0.25, 0.3) is 0 Å². The van der Waals surface area contributed by atoms with E-state index in [1.54, 1.807) is 0 Å². The molecule has 1 aromatic heterocycles. The summed E-state index contributed by atoms with van der Waals surface area (Å²) in [7, 11) is 0. The van der Waals surface area contributed by atoms with Gasteiger partial charge in [-0.3, -0.25) is 4.79 Å². The highest BCUT2D eigenvalue weighted by molar-refractivity contribution is 5.79. The third-order valence-electron chi connectivity index (χ3n) is 5.20. The molecule has 0 saturated heterocycles. The highest BCUT2D eigenvalue weighted by Crippen LogP contribution is 2.25. The summed E-state index contributed by atoms with van der Waals surface area (Å²) in [4.78, 5) is 14.9. The second kappa shape index (κ2) is 7.20. The minimum Gasteiger partial charge on any atom is -0.340 e. The topological polar surface area (TPSA) is 38.1 Å². The highest BCUT2D eigenvalue weighted by Gasteiger charge is 2.26. The van der Waals surface area contributed by atoms with Crippen molar-refractivity contribution in [3.63, 3.8) is 0 Å². The second-order valence-electron chi connectivity index (χ2n) is 6.69. The number of hydrogen-bond donors (Lipinski definition) is 0. The van der Waals surface area contributed by atoms with E-state index in [1.165, 1.54) is 12.8 Å². The fourth-order valence-corrected chi connectivity index (χ4v) is 3.86. The highest BCUT2D eigenvalue weighted by atomic mass is 16.2. The molecular formula is C20H27N3O. The van der Waals surface area contributed by atoms with Gasteiger partial charge in [0.05, 0.1) is 17.8 Å². The summed E-state index contributed by atoms with van der Waals surface area (Å²) in [6.07, 6.45) is 5.26. The first-order valence-electron chi connectivity index (χ1n) is 9.01. The first kappa shape index (κ1) is 16.7. The van der Waals surface area contributed by atoms with Gasteiger partial charge in [0.1, 0.15) is 0 Å². The van der Waals surface area contributed by atoms with Gasteiger partial charge in [0.15, 0.2) is 0 Å². The molecule has 0 spiro atoms. The largest absolute Gasteiger partial charge is 0.340 e. The van der Waals surface area contributed by atoms with E-state index < -0.39 is 0 Å². The van der Waals surface area contributed by atoms with Crippen molar-refractivity contribution in [2.75, 3.05) is 6.54 Å². The van der Waals surface area contributed by atoms with E-state index in [0.717, 1.165) is 42.0 Å². The van der Waals surface area contributed by atoms with Crippen LogP contribution in [-0.4, -0.2) is 33.2 Å². The average molecular weight is 325 g/mol. The Labute approximate surface area is 144 Å². The molecule has 1 amide bonds. The van der Waals surface area contributed by atoms with Gasteiger partial charge in [0.2, 0.25) is 5.91 Å². The molecule has 4 nitrogen and oxygen atoms in total. The molecule has 0 N–H and O–H groups in total. The Kier molecular flexibility index (Phi) is 5.03. The fraction of sp³-hybridized carbons (Fsp3) is 0.500. The predicted octanol–water partition coefficient (Wildman–Crippen LogP) is 3.82. The summed E-state index contributed by atoms with van der Waals surface area (Å²) in [6.45, 7) is 6.94. The van der Waals surface area contributed by atoms with Gasteiger partial charge in [-0.25, -0.2) is 4.68 Å². The number of hydrogen-bond acceptors (Lipinski definition) is 2. The van der Waals surface area contributed by atoms with E-state index >= 15 is 0 Å². The van der Waals surface area contributed by atoms with Gasteiger partial charge < -0.3 is 4.90 Å². The van der Waals surface area contributed by atoms with E-state index in [9.17, 15) is 4.79 Å². The van der Waals surface area contributed by atoms with Gasteiger partial charge in [-0.15, -0.1) is 0 Å². The zero-order valence-corrected chi connectivity index (χ0v) is 15.0. The Balaban J connectivity index is 1.82. The smallest absolute Gasteiger partial charge is 0.227 e. The van der Waals surface area contributed by atoms with E-state index in [1.807, 2.05) is 41.9 Å². The van der Waals surface area contributed by atoms with Crippen LogP contribution in [0, 0.1) is 13.8 Å². The first-order chi connectivity index (χ1) is 11.6. The SMILES string of the molecule is CCN(C(=O)Cc1c(C)nn(-c2ccccc2)c1C)C1CCCC1. The molecule has 1 aromatic carbocycles. The summed E-state index contributed by atoms with van der Waals surface area (Å²) in [5, 5.41) is 4.66. The molecule has 128 valence electrons. The zero-order valence-electron chi connectivity index (χ0n) is 15.0. The minimum atomic E-state index is 0.239. The molecule has 1 aliphatic rings. The quantitative estimate of drug-likeness (QED) is 0.838. The fourth-order valence-electron chi connectivity index (χ4n) is 3.86. The Morgan fingerprint density at radius 3 is 2.50 bits per heavy atom. The monoisotopic (exact) mass is 325 g/mol. The number of para-hydroxylation sites is 1. The van der Waals surface area contributed by atoms with Crippen LogP contribution in [0.15, 0.2) is 30.3 Å². The number of carbonyl (C=O) groups is 1. The molecule has 24 heavy (non-hydrogen) atoms. The molecule has 4 heteroatoms. The lowest BCUT2D eigenvalue weighted by atomic mass is 10.1. The van der Waals surface area contributed by atoms with Crippen molar-refractivity contribution in [3.8, 4) is 5.69 Å². The van der Waals surface area contributed by atoms with Crippen molar-refractivity contribution in [1.29, 1.82) is 0 Å². The molecule has 2 aromatic rings. The standard InChI is InChI=1S/C20H27N3O/c1-4-22(17-10-8-9-11-17)20(24)14-19-15(2)21-23(16(19)3)18-12-6-5-7-13-18/h5-7,12-13,17H,4,8-11,14H2,1-3H3. The summed E-state index contributed by atoms with van der Waals surface area (Å²) >= 11 is 0. The van der Waals surface area contributed by atoms with Crippen LogP contribution in [0.25, 0.3) is 5.69 Å². The van der Waals surface area contributed by atoms with Crippen molar-refractivity contribution in [2.45, 2.75) is 58.9 Å². The maximum Gasteiger partial charge on any atom is 0.227 e. The van der Waals surface area contributed by atoms with Crippen molar-refractivity contribution >= 4 is 5.91 Å². The van der Waals surface area contributed by atoms with Crippen LogP contribution in [0.4, 0.5) is 0 Å². The number of rotatable bonds is 5. The number of amides is 1. The van der Waals surface area contributed by atoms with Gasteiger partial charge in [-0.2, -0.15) is 5.10 Å². The third kappa shape index (κ3) is 3.23. The molecule has 0 aliphatic heterocycles. The van der Waals surface area contributed by atoms with Crippen LogP contribution in [0.2, 0.25) is 0 Å². The number of carbonyl (C=O) groups excluding carboxylic acids is 1. The van der Waals surface area contributed by atoms with Crippen LogP contribution in [0.3, 0.4) is 0 Å². The number of nitrogens with zero attached hydrogens (tertiary/aromatic N) is 3. The Morgan fingerprint density at radius 2 is 1.88 bits per heavy atom. The maximum absolute atomic E-state index is 12.9. The summed E-state index contributed by atoms with van der Waals surface area (Å²) in [5.74, 6) is 0.239. The first-order valence-corrected chi connectivity index (χ1v) is 9.01. The van der Waals surface area contributed by atoms with Crippen LogP contribution in [0.1, 0.15) is 49.6 Å². The lowest BCUT2D eigenvalue weighted by molar-refractivity contribution is -0.132. The van der Waals surface area contributed by atoms with Crippen LogP contribution < -0.4 is 0 Å². The van der Waals surface area contributed by atoms with Crippen LogP contribution in [0.5, 0.6) is 0 Å². The predicted molar refractivity (Wildman–Crippen MR) is 96.4 cm³/mol. The lowest BCUT2D eigenvalue weighted by Crippen LogP contribution is -2.39. The van der Waals surface area contributed by atoms with Crippen molar-refractivity contribution in [1.82, 2.24) is 14.7 Å². The molecule has 0 unspecified atom stereocenters. The Morgan fingerprint density at radius 1 is 1.21 bits per heavy atom. The van der Waals surface area contributed by atoms with Gasteiger partial charge in [-0.1, -0.05) is 31.0 Å². The molecular weight excluding hydrogens is 298 g/mol. The summed E-state index contributed by atoms with van der Waals surface area (Å²) in [6, 6.07) is 10.5. The lowest BCUT2D eigenvalue weighted by Gasteiger charge is -2.27.